The fraction of sp³-hybridized carbons (Fsp3) is 0.143. The molecule has 0 saturated heterocycles. The molecule has 0 radical (unpaired) electrons. The lowest BCUT2D eigenvalue weighted by atomic mass is 10.2. The molecule has 0 bridgehead atoms. The predicted octanol–water partition coefficient (Wildman–Crippen LogP) is -0.154. The zero-order valence-electron chi connectivity index (χ0n) is 5.86. The van der Waals surface area contributed by atoms with Gasteiger partial charge in [0.1, 0.15) is 12.0 Å². The molecule has 4 heteroatoms. The van der Waals surface area contributed by atoms with E-state index in [2.05, 4.69) is 5.43 Å². The van der Waals surface area contributed by atoms with Crippen molar-refractivity contribution in [3.63, 3.8) is 0 Å². The summed E-state index contributed by atoms with van der Waals surface area (Å²) in [6, 6.07) is 6.44. The van der Waals surface area contributed by atoms with Gasteiger partial charge in [-0.05, 0) is 6.07 Å². The Labute approximate surface area is 64.2 Å². The van der Waals surface area contributed by atoms with Crippen LogP contribution in [-0.4, -0.2) is 10.2 Å². The van der Waals surface area contributed by atoms with E-state index in [1.807, 2.05) is 0 Å². The molecule has 5 N–H and O–H groups in total. The van der Waals surface area contributed by atoms with Crippen LogP contribution in [0, 0.1) is 0 Å². The molecule has 0 fully saturated rings. The summed E-state index contributed by atoms with van der Waals surface area (Å²) in [6.45, 7) is 0. The molecular formula is C7H10N2O2. The topological polar surface area (TPSA) is 78.5 Å². The number of hydrogen-bond acceptors (Lipinski definition) is 4. The number of aliphatic hydroxyl groups is 1. The number of hydrogen-bond donors (Lipinski definition) is 4. The lowest BCUT2D eigenvalue weighted by Gasteiger charge is -2.09. The first-order valence-electron chi connectivity index (χ1n) is 3.18. The van der Waals surface area contributed by atoms with Gasteiger partial charge >= 0.3 is 0 Å². The van der Waals surface area contributed by atoms with Gasteiger partial charge in [0, 0.05) is 5.56 Å². The maximum Gasteiger partial charge on any atom is 0.146 e. The Bertz CT molecular complexity index is 240. The smallest absolute Gasteiger partial charge is 0.146 e. The van der Waals surface area contributed by atoms with Gasteiger partial charge in [-0.3, -0.25) is 5.84 Å². The molecule has 1 rings (SSSR count). The second kappa shape index (κ2) is 3.34. The molecule has 1 aromatic carbocycles. The number of nitrogens with one attached hydrogen (secondary N) is 1. The average Bonchev–Trinajstić information content (AvgIpc) is 2.04. The number of aromatic hydroxyl groups is 1. The first-order valence-corrected chi connectivity index (χ1v) is 3.18. The fourth-order valence-corrected chi connectivity index (χ4v) is 0.809. The van der Waals surface area contributed by atoms with Gasteiger partial charge in [-0.15, -0.1) is 0 Å². The van der Waals surface area contributed by atoms with Gasteiger partial charge < -0.3 is 10.2 Å². The van der Waals surface area contributed by atoms with Crippen LogP contribution in [0.1, 0.15) is 11.8 Å². The van der Waals surface area contributed by atoms with Crippen LogP contribution in [0.15, 0.2) is 24.3 Å². The van der Waals surface area contributed by atoms with Gasteiger partial charge in [-0.25, -0.2) is 5.43 Å². The number of phenols is 1. The van der Waals surface area contributed by atoms with Crippen LogP contribution in [0.2, 0.25) is 0 Å². The number of nitrogens with two attached hydrogens (primary N) is 1. The Morgan fingerprint density at radius 2 is 2.00 bits per heavy atom. The fourth-order valence-electron chi connectivity index (χ4n) is 0.809. The molecule has 60 valence electrons. The molecule has 0 saturated carbocycles. The lowest BCUT2D eigenvalue weighted by molar-refractivity contribution is 0.137. The summed E-state index contributed by atoms with van der Waals surface area (Å²) in [5.41, 5.74) is 2.49. The van der Waals surface area contributed by atoms with Gasteiger partial charge in [0.2, 0.25) is 0 Å². The molecule has 0 spiro atoms. The highest BCUT2D eigenvalue weighted by molar-refractivity contribution is 5.32. The maximum absolute atomic E-state index is 9.16. The van der Waals surface area contributed by atoms with Crippen LogP contribution in [-0.2, 0) is 0 Å². The molecule has 1 aromatic rings. The quantitative estimate of drug-likeness (QED) is 0.271. The third-order valence-electron chi connectivity index (χ3n) is 1.39. The minimum atomic E-state index is -1.02. The lowest BCUT2D eigenvalue weighted by Crippen LogP contribution is -2.27. The summed E-state index contributed by atoms with van der Waals surface area (Å²) in [6.07, 6.45) is -1.02. The third kappa shape index (κ3) is 1.68. The van der Waals surface area contributed by atoms with Crippen molar-refractivity contribution in [3.05, 3.63) is 29.8 Å². The highest BCUT2D eigenvalue weighted by Gasteiger charge is 2.07. The Kier molecular flexibility index (Phi) is 2.43. The monoisotopic (exact) mass is 154 g/mol. The molecule has 4 nitrogen and oxygen atoms in total. The van der Waals surface area contributed by atoms with E-state index in [0.717, 1.165) is 0 Å². The second-order valence-electron chi connectivity index (χ2n) is 2.13. The molecule has 0 aromatic heterocycles. The van der Waals surface area contributed by atoms with E-state index >= 15 is 0 Å². The number of benzene rings is 1. The van der Waals surface area contributed by atoms with Crippen molar-refractivity contribution in [2.75, 3.05) is 0 Å². The molecule has 0 aliphatic rings. The van der Waals surface area contributed by atoms with E-state index in [-0.39, 0.29) is 5.75 Å². The van der Waals surface area contributed by atoms with Gasteiger partial charge in [0.05, 0.1) is 0 Å². The van der Waals surface area contributed by atoms with Crippen molar-refractivity contribution >= 4 is 0 Å². The van der Waals surface area contributed by atoms with Crippen molar-refractivity contribution in [1.82, 2.24) is 5.43 Å². The van der Waals surface area contributed by atoms with Gasteiger partial charge in [-0.2, -0.15) is 0 Å². The van der Waals surface area contributed by atoms with Crippen LogP contribution >= 0.6 is 0 Å². The molecule has 0 heterocycles. The number of aliphatic hydroxyl groups excluding tert-OH is 1. The Morgan fingerprint density at radius 3 is 2.55 bits per heavy atom. The maximum atomic E-state index is 9.16. The van der Waals surface area contributed by atoms with E-state index in [4.69, 9.17) is 16.1 Å². The molecule has 11 heavy (non-hydrogen) atoms. The summed E-state index contributed by atoms with van der Waals surface area (Å²) >= 11 is 0. The number of hydrazine groups is 1. The average molecular weight is 154 g/mol. The van der Waals surface area contributed by atoms with E-state index in [1.165, 1.54) is 6.07 Å². The van der Waals surface area contributed by atoms with Crippen molar-refractivity contribution in [1.29, 1.82) is 0 Å². The standard InChI is InChI=1S/C7H10N2O2/c8-9-7(11)5-3-1-2-4-6(5)10/h1-4,7,9-11H,8H2. The van der Waals surface area contributed by atoms with Crippen molar-refractivity contribution in [2.24, 2.45) is 5.84 Å². The van der Waals surface area contributed by atoms with Crippen LogP contribution in [0.5, 0.6) is 5.75 Å². The summed E-state index contributed by atoms with van der Waals surface area (Å²) < 4.78 is 0. The van der Waals surface area contributed by atoms with Crippen LogP contribution < -0.4 is 11.3 Å². The second-order valence-corrected chi connectivity index (χ2v) is 2.13. The van der Waals surface area contributed by atoms with Gasteiger partial charge in [-0.1, -0.05) is 18.2 Å². The zero-order chi connectivity index (χ0) is 8.27. The van der Waals surface area contributed by atoms with Crippen molar-refractivity contribution in [2.45, 2.75) is 6.23 Å². The van der Waals surface area contributed by atoms with Gasteiger partial charge in [0.25, 0.3) is 0 Å². The molecule has 0 aliphatic heterocycles. The number of para-hydroxylation sites is 1. The summed E-state index contributed by atoms with van der Waals surface area (Å²) in [5.74, 6) is 4.99. The Balaban J connectivity index is 2.93. The molecule has 0 aliphatic carbocycles. The molecule has 1 unspecified atom stereocenters. The normalized spacial score (nSPS) is 12.9. The van der Waals surface area contributed by atoms with Gasteiger partial charge in [0.15, 0.2) is 0 Å². The third-order valence-corrected chi connectivity index (χ3v) is 1.39. The molecule has 1 atom stereocenters. The number of phenolic OH excluding ortho intramolecular Hbond substituents is 1. The van der Waals surface area contributed by atoms with E-state index in [9.17, 15) is 0 Å². The summed E-state index contributed by atoms with van der Waals surface area (Å²) in [7, 11) is 0. The highest BCUT2D eigenvalue weighted by Crippen LogP contribution is 2.20. The summed E-state index contributed by atoms with van der Waals surface area (Å²) in [4.78, 5) is 0. The van der Waals surface area contributed by atoms with E-state index < -0.39 is 6.23 Å². The van der Waals surface area contributed by atoms with Crippen LogP contribution in [0.3, 0.4) is 0 Å². The highest BCUT2D eigenvalue weighted by atomic mass is 16.3. The van der Waals surface area contributed by atoms with E-state index in [0.29, 0.717) is 5.56 Å². The van der Waals surface area contributed by atoms with Crippen LogP contribution in [0.25, 0.3) is 0 Å². The molecule has 0 amide bonds. The number of rotatable bonds is 2. The first kappa shape index (κ1) is 8.00. The van der Waals surface area contributed by atoms with Crippen molar-refractivity contribution < 1.29 is 10.2 Å². The Morgan fingerprint density at radius 1 is 1.36 bits per heavy atom. The first-order chi connectivity index (χ1) is 5.25. The SMILES string of the molecule is NNC(O)c1ccccc1O. The minimum Gasteiger partial charge on any atom is -0.508 e. The van der Waals surface area contributed by atoms with Crippen LogP contribution in [0.4, 0.5) is 0 Å². The molecular weight excluding hydrogens is 144 g/mol. The predicted molar refractivity (Wildman–Crippen MR) is 40.4 cm³/mol. The van der Waals surface area contributed by atoms with Crippen molar-refractivity contribution in [3.8, 4) is 5.75 Å². The Hall–Kier alpha value is -1.10. The largest absolute Gasteiger partial charge is 0.508 e. The van der Waals surface area contributed by atoms with E-state index in [1.54, 1.807) is 18.2 Å². The summed E-state index contributed by atoms with van der Waals surface area (Å²) in [5, 5.41) is 18.3. The minimum absolute atomic E-state index is 0.0259. The zero-order valence-corrected chi connectivity index (χ0v) is 5.86.